The Hall–Kier alpha value is 0.0600. The quantitative estimate of drug-likeness (QED) is 0.586. The van der Waals surface area contributed by atoms with Gasteiger partial charge in [0.25, 0.3) is 0 Å². The van der Waals surface area contributed by atoms with E-state index in [2.05, 4.69) is 5.43 Å². The summed E-state index contributed by atoms with van der Waals surface area (Å²) in [7, 11) is 0. The fourth-order valence-corrected chi connectivity index (χ4v) is 3.20. The maximum absolute atomic E-state index is 12.1. The first kappa shape index (κ1) is 14.1. The lowest BCUT2D eigenvalue weighted by Crippen LogP contribution is -2.38. The Bertz CT molecular complexity index is 193. The normalized spacial score (nSPS) is 21.0. The highest BCUT2D eigenvalue weighted by Gasteiger charge is 2.29. The Labute approximate surface area is 98.5 Å². The Balaban J connectivity index is 2.25. The lowest BCUT2D eigenvalue weighted by molar-refractivity contribution is -0.136. The second-order valence-corrected chi connectivity index (χ2v) is 5.53. The Morgan fingerprint density at radius 1 is 1.31 bits per heavy atom. The van der Waals surface area contributed by atoms with Gasteiger partial charge in [-0.05, 0) is 43.1 Å². The van der Waals surface area contributed by atoms with Crippen molar-refractivity contribution in [2.75, 3.05) is 11.5 Å². The van der Waals surface area contributed by atoms with Gasteiger partial charge < -0.3 is 0 Å². The van der Waals surface area contributed by atoms with Crippen LogP contribution in [0.1, 0.15) is 32.1 Å². The maximum atomic E-state index is 12.1. The Morgan fingerprint density at radius 2 is 1.94 bits per heavy atom. The number of rotatable bonds is 5. The number of hydrogen-bond donors (Lipinski definition) is 2. The summed E-state index contributed by atoms with van der Waals surface area (Å²) >= 11 is 1.92. The van der Waals surface area contributed by atoms with Gasteiger partial charge >= 0.3 is 6.18 Å². The summed E-state index contributed by atoms with van der Waals surface area (Å²) < 4.78 is 36.2. The van der Waals surface area contributed by atoms with E-state index in [1.165, 1.54) is 0 Å². The molecule has 6 heteroatoms. The second kappa shape index (κ2) is 6.71. The van der Waals surface area contributed by atoms with E-state index >= 15 is 0 Å². The van der Waals surface area contributed by atoms with Gasteiger partial charge in [-0.15, -0.1) is 0 Å². The van der Waals surface area contributed by atoms with Gasteiger partial charge in [0.05, 0.1) is 0 Å². The summed E-state index contributed by atoms with van der Waals surface area (Å²) in [5.74, 6) is 8.09. The number of thioether (sulfide) groups is 1. The van der Waals surface area contributed by atoms with Gasteiger partial charge in [0.15, 0.2) is 0 Å². The zero-order valence-corrected chi connectivity index (χ0v) is 10.0. The van der Waals surface area contributed by atoms with Crippen LogP contribution in [0.4, 0.5) is 13.2 Å². The van der Waals surface area contributed by atoms with Crippen molar-refractivity contribution in [2.45, 2.75) is 44.3 Å². The van der Waals surface area contributed by atoms with Crippen LogP contribution in [0.3, 0.4) is 0 Å². The van der Waals surface area contributed by atoms with Gasteiger partial charge in [-0.1, -0.05) is 0 Å². The minimum absolute atomic E-state index is 0.0869. The molecule has 1 aliphatic heterocycles. The molecule has 0 saturated carbocycles. The molecule has 1 saturated heterocycles. The summed E-state index contributed by atoms with van der Waals surface area (Å²) in [6.45, 7) is 0. The number of hydrazine groups is 1. The van der Waals surface area contributed by atoms with E-state index in [1.54, 1.807) is 0 Å². The van der Waals surface area contributed by atoms with Crippen molar-refractivity contribution < 1.29 is 13.2 Å². The largest absolute Gasteiger partial charge is 0.389 e. The van der Waals surface area contributed by atoms with Crippen molar-refractivity contribution in [2.24, 2.45) is 11.8 Å². The molecule has 1 rings (SSSR count). The van der Waals surface area contributed by atoms with Crippen LogP contribution < -0.4 is 11.3 Å². The molecule has 0 amide bonds. The van der Waals surface area contributed by atoms with Crippen LogP contribution in [0.2, 0.25) is 0 Å². The summed E-state index contributed by atoms with van der Waals surface area (Å²) in [4.78, 5) is 0. The molecule has 0 aromatic rings. The van der Waals surface area contributed by atoms with Gasteiger partial charge in [-0.3, -0.25) is 11.3 Å². The number of hydrogen-bond acceptors (Lipinski definition) is 3. The molecular formula is C10H19F3N2S. The molecule has 1 atom stereocenters. The molecular weight excluding hydrogens is 237 g/mol. The smallest absolute Gasteiger partial charge is 0.271 e. The first-order chi connectivity index (χ1) is 7.51. The Kier molecular flexibility index (Phi) is 5.92. The molecule has 16 heavy (non-hydrogen) atoms. The van der Waals surface area contributed by atoms with Gasteiger partial charge in [-0.25, -0.2) is 0 Å². The van der Waals surface area contributed by atoms with Gasteiger partial charge in [-0.2, -0.15) is 24.9 Å². The maximum Gasteiger partial charge on any atom is 0.389 e. The predicted octanol–water partition coefficient (Wildman–Crippen LogP) is 2.69. The summed E-state index contributed by atoms with van der Waals surface area (Å²) in [6.07, 6.45) is -1.75. The van der Waals surface area contributed by atoms with E-state index in [9.17, 15) is 13.2 Å². The van der Waals surface area contributed by atoms with Crippen LogP contribution in [-0.2, 0) is 0 Å². The third-order valence-electron chi connectivity index (χ3n) is 2.97. The van der Waals surface area contributed by atoms with Crippen molar-refractivity contribution in [3.63, 3.8) is 0 Å². The highest BCUT2D eigenvalue weighted by atomic mass is 32.2. The lowest BCUT2D eigenvalue weighted by atomic mass is 9.92. The van der Waals surface area contributed by atoms with E-state index in [4.69, 9.17) is 5.84 Å². The van der Waals surface area contributed by atoms with E-state index < -0.39 is 12.6 Å². The average molecular weight is 256 g/mol. The van der Waals surface area contributed by atoms with Crippen LogP contribution in [0.15, 0.2) is 0 Å². The molecule has 1 aliphatic rings. The van der Waals surface area contributed by atoms with Crippen LogP contribution in [-0.4, -0.2) is 23.7 Å². The predicted molar refractivity (Wildman–Crippen MR) is 61.1 cm³/mol. The standard InChI is InChI=1S/C10H19F3N2S/c11-10(12,13)4-1-9(15-14)7-8-2-5-16-6-3-8/h8-9,15H,1-7,14H2. The molecule has 2 nitrogen and oxygen atoms in total. The third-order valence-corrected chi connectivity index (χ3v) is 4.02. The fourth-order valence-electron chi connectivity index (χ4n) is 1.99. The third kappa shape index (κ3) is 5.96. The molecule has 1 fully saturated rings. The molecule has 0 aromatic heterocycles. The Morgan fingerprint density at radius 3 is 2.44 bits per heavy atom. The van der Waals surface area contributed by atoms with Crippen LogP contribution in [0.5, 0.6) is 0 Å². The molecule has 96 valence electrons. The summed E-state index contributed by atoms with van der Waals surface area (Å²) in [5, 5.41) is 0. The van der Waals surface area contributed by atoms with E-state index in [1.807, 2.05) is 11.8 Å². The van der Waals surface area contributed by atoms with E-state index in [-0.39, 0.29) is 12.5 Å². The van der Waals surface area contributed by atoms with Crippen molar-refractivity contribution >= 4 is 11.8 Å². The van der Waals surface area contributed by atoms with Crippen molar-refractivity contribution in [3.05, 3.63) is 0 Å². The van der Waals surface area contributed by atoms with Gasteiger partial charge in [0, 0.05) is 12.5 Å². The average Bonchev–Trinajstić information content (AvgIpc) is 2.24. The zero-order chi connectivity index (χ0) is 12.0. The molecule has 0 bridgehead atoms. The summed E-state index contributed by atoms with van der Waals surface area (Å²) in [5.41, 5.74) is 2.52. The van der Waals surface area contributed by atoms with E-state index in [0.29, 0.717) is 5.92 Å². The number of nitrogens with two attached hydrogens (primary N) is 1. The molecule has 3 N–H and O–H groups in total. The van der Waals surface area contributed by atoms with E-state index in [0.717, 1.165) is 30.8 Å². The molecule has 1 heterocycles. The molecule has 0 radical (unpaired) electrons. The van der Waals surface area contributed by atoms with Crippen LogP contribution >= 0.6 is 11.8 Å². The molecule has 0 aliphatic carbocycles. The van der Waals surface area contributed by atoms with Crippen molar-refractivity contribution in [1.82, 2.24) is 5.43 Å². The minimum atomic E-state index is -4.07. The second-order valence-electron chi connectivity index (χ2n) is 4.31. The van der Waals surface area contributed by atoms with Crippen LogP contribution in [0, 0.1) is 5.92 Å². The number of nitrogens with one attached hydrogen (secondary N) is 1. The SMILES string of the molecule is NNC(CCC(F)(F)F)CC1CCSCC1. The van der Waals surface area contributed by atoms with Gasteiger partial charge in [0.2, 0.25) is 0 Å². The van der Waals surface area contributed by atoms with Crippen LogP contribution in [0.25, 0.3) is 0 Å². The minimum Gasteiger partial charge on any atom is -0.271 e. The number of alkyl halides is 3. The topological polar surface area (TPSA) is 38.0 Å². The van der Waals surface area contributed by atoms with Crippen molar-refractivity contribution in [1.29, 1.82) is 0 Å². The highest BCUT2D eigenvalue weighted by molar-refractivity contribution is 7.99. The van der Waals surface area contributed by atoms with Gasteiger partial charge in [0.1, 0.15) is 0 Å². The molecule has 0 aromatic carbocycles. The number of halogens is 3. The fraction of sp³-hybridized carbons (Fsp3) is 1.00. The molecule has 1 unspecified atom stereocenters. The summed E-state index contributed by atoms with van der Waals surface area (Å²) in [6, 6.07) is -0.199. The highest BCUT2D eigenvalue weighted by Crippen LogP contribution is 2.29. The monoisotopic (exact) mass is 256 g/mol. The van der Waals surface area contributed by atoms with Crippen molar-refractivity contribution in [3.8, 4) is 0 Å². The lowest BCUT2D eigenvalue weighted by Gasteiger charge is -2.26. The molecule has 0 spiro atoms. The zero-order valence-electron chi connectivity index (χ0n) is 9.22. The first-order valence-corrected chi connectivity index (χ1v) is 6.77. The first-order valence-electron chi connectivity index (χ1n) is 5.62.